The molecule has 0 fully saturated rings. The summed E-state index contributed by atoms with van der Waals surface area (Å²) < 4.78 is 1.76. The van der Waals surface area contributed by atoms with Gasteiger partial charge in [-0.15, -0.1) is 0 Å². The second kappa shape index (κ2) is 1.81. The van der Waals surface area contributed by atoms with Crippen molar-refractivity contribution in [1.82, 2.24) is 7.99 Å². The molecule has 0 atom stereocenters. The molecule has 1 aromatic heterocycles. The summed E-state index contributed by atoms with van der Waals surface area (Å²) in [6.07, 6.45) is 1.91. The van der Waals surface area contributed by atoms with Crippen molar-refractivity contribution in [2.24, 2.45) is 0 Å². The third-order valence-electron chi connectivity index (χ3n) is 0.692. The Morgan fingerprint density at radius 2 is 2.57 bits per heavy atom. The highest BCUT2D eigenvalue weighted by molar-refractivity contribution is 14.1. The first-order valence-electron chi connectivity index (χ1n) is 1.97. The van der Waals surface area contributed by atoms with Gasteiger partial charge in [0.05, 0.1) is 28.6 Å². The molecule has 0 spiro atoms. The van der Waals surface area contributed by atoms with Crippen LogP contribution < -0.4 is 0 Å². The normalized spacial score (nSPS) is 9.43. The molecule has 0 aliphatic carbocycles. The average Bonchev–Trinajstić information content (AvgIpc) is 1.87. The van der Waals surface area contributed by atoms with E-state index in [1.165, 1.54) is 0 Å². The number of aromatic nitrogens is 2. The van der Waals surface area contributed by atoms with Crippen molar-refractivity contribution >= 4 is 22.9 Å². The van der Waals surface area contributed by atoms with Gasteiger partial charge in [-0.05, 0) is 13.0 Å². The van der Waals surface area contributed by atoms with Crippen molar-refractivity contribution in [3.8, 4) is 0 Å². The van der Waals surface area contributed by atoms with Crippen molar-refractivity contribution in [2.75, 3.05) is 0 Å². The highest BCUT2D eigenvalue weighted by atomic mass is 127. The minimum absolute atomic E-state index is 1.06. The molecule has 0 bridgehead atoms. The topological polar surface area (TPSA) is 17.8 Å². The van der Waals surface area contributed by atoms with Crippen LogP contribution in [0.15, 0.2) is 12.3 Å². The molecule has 1 rings (SSSR count). The minimum atomic E-state index is 1.06. The first-order chi connectivity index (χ1) is 3.29. The van der Waals surface area contributed by atoms with E-state index >= 15 is 0 Å². The lowest BCUT2D eigenvalue weighted by Crippen LogP contribution is -1.76. The molecule has 0 unspecified atom stereocenters. The van der Waals surface area contributed by atoms with Gasteiger partial charge in [-0.3, -0.25) is 0 Å². The number of rotatable bonds is 0. The fourth-order valence-electron chi connectivity index (χ4n) is 0.387. The molecule has 1 aromatic rings. The van der Waals surface area contributed by atoms with E-state index in [0.29, 0.717) is 0 Å². The molecule has 0 saturated heterocycles. The maximum atomic E-state index is 4.01. The Bertz CT molecular complexity index is 142. The quantitative estimate of drug-likeness (QED) is 0.589. The summed E-state index contributed by atoms with van der Waals surface area (Å²) >= 11 is 2.11. The van der Waals surface area contributed by atoms with E-state index in [1.54, 1.807) is 2.90 Å². The summed E-state index contributed by atoms with van der Waals surface area (Å²) in [5, 5.41) is 4.01. The molecule has 0 aliphatic heterocycles. The molecular weight excluding hydrogens is 203 g/mol. The summed E-state index contributed by atoms with van der Waals surface area (Å²) in [6, 6.07) is 1.96. The fourth-order valence-corrected chi connectivity index (χ4v) is 0.888. The van der Waals surface area contributed by atoms with E-state index in [-0.39, 0.29) is 0 Å². The van der Waals surface area contributed by atoms with Gasteiger partial charge in [0.25, 0.3) is 0 Å². The molecule has 7 heavy (non-hydrogen) atoms. The van der Waals surface area contributed by atoms with Gasteiger partial charge in [0.15, 0.2) is 0 Å². The predicted molar refractivity (Wildman–Crippen MR) is 36.4 cm³/mol. The maximum absolute atomic E-state index is 4.01. The number of halogens is 1. The van der Waals surface area contributed by atoms with Crippen LogP contribution in [0.5, 0.6) is 0 Å². The summed E-state index contributed by atoms with van der Waals surface area (Å²) in [7, 11) is 0. The van der Waals surface area contributed by atoms with Gasteiger partial charge in [0.2, 0.25) is 0 Å². The molecule has 0 saturated carbocycles. The Kier molecular flexibility index (Phi) is 1.32. The molecule has 0 N–H and O–H groups in total. The zero-order valence-electron chi connectivity index (χ0n) is 3.93. The van der Waals surface area contributed by atoms with Gasteiger partial charge in [0.1, 0.15) is 0 Å². The van der Waals surface area contributed by atoms with Crippen LogP contribution in [0.2, 0.25) is 0 Å². The van der Waals surface area contributed by atoms with Crippen LogP contribution in [0.1, 0.15) is 5.69 Å². The molecule has 0 aromatic carbocycles. The number of hydrogen-bond donors (Lipinski definition) is 0. The van der Waals surface area contributed by atoms with Crippen molar-refractivity contribution in [3.05, 3.63) is 18.0 Å². The van der Waals surface area contributed by atoms with Crippen LogP contribution in [0.3, 0.4) is 0 Å². The zero-order chi connectivity index (χ0) is 5.28. The first kappa shape index (κ1) is 5.08. The van der Waals surface area contributed by atoms with E-state index in [9.17, 15) is 0 Å². The third-order valence-corrected chi connectivity index (χ3v) is 1.23. The number of hydrogen-bond acceptors (Lipinski definition) is 1. The van der Waals surface area contributed by atoms with Gasteiger partial charge in [-0.1, -0.05) is 0 Å². The first-order valence-corrected chi connectivity index (χ1v) is 2.94. The van der Waals surface area contributed by atoms with Crippen LogP contribution in [0, 0.1) is 6.92 Å². The molecular formula is C4H5IN2. The highest BCUT2D eigenvalue weighted by Gasteiger charge is 1.83. The Morgan fingerprint density at radius 3 is 2.71 bits per heavy atom. The molecule has 2 nitrogen and oxygen atoms in total. The summed E-state index contributed by atoms with van der Waals surface area (Å²) in [4.78, 5) is 0. The van der Waals surface area contributed by atoms with Crippen molar-refractivity contribution in [3.63, 3.8) is 0 Å². The van der Waals surface area contributed by atoms with E-state index in [2.05, 4.69) is 28.0 Å². The Labute approximate surface area is 56.0 Å². The van der Waals surface area contributed by atoms with Crippen LogP contribution in [0.25, 0.3) is 0 Å². The van der Waals surface area contributed by atoms with Crippen LogP contribution in [0.4, 0.5) is 0 Å². The molecule has 3 heteroatoms. The van der Waals surface area contributed by atoms with Crippen LogP contribution >= 0.6 is 22.9 Å². The highest BCUT2D eigenvalue weighted by Crippen LogP contribution is 1.94. The van der Waals surface area contributed by atoms with Gasteiger partial charge in [-0.2, -0.15) is 5.10 Å². The van der Waals surface area contributed by atoms with E-state index in [1.807, 2.05) is 19.2 Å². The maximum Gasteiger partial charge on any atom is 0.0843 e. The molecule has 0 radical (unpaired) electrons. The average molecular weight is 208 g/mol. The fraction of sp³-hybridized carbons (Fsp3) is 0.250. The predicted octanol–water partition coefficient (Wildman–Crippen LogP) is 1.39. The Morgan fingerprint density at radius 1 is 1.86 bits per heavy atom. The molecule has 1 heterocycles. The molecule has 0 amide bonds. The largest absolute Gasteiger partial charge is 0.211 e. The lowest BCUT2D eigenvalue weighted by molar-refractivity contribution is 1.02. The monoisotopic (exact) mass is 208 g/mol. The third kappa shape index (κ3) is 1.15. The van der Waals surface area contributed by atoms with Gasteiger partial charge in [0, 0.05) is 6.20 Å². The van der Waals surface area contributed by atoms with Crippen molar-refractivity contribution in [1.29, 1.82) is 0 Å². The van der Waals surface area contributed by atoms with Gasteiger partial charge >= 0.3 is 0 Å². The second-order valence-electron chi connectivity index (χ2n) is 1.35. The lowest BCUT2D eigenvalue weighted by Gasteiger charge is -1.76. The van der Waals surface area contributed by atoms with Crippen LogP contribution in [-0.2, 0) is 0 Å². The lowest BCUT2D eigenvalue weighted by atomic mass is 10.5. The standard InChI is InChI=1S/C4H5IN2/c1-4-2-3-7(5)6-4/h2-3H,1H3. The van der Waals surface area contributed by atoms with Gasteiger partial charge in [-0.25, -0.2) is 2.90 Å². The van der Waals surface area contributed by atoms with Crippen LogP contribution in [-0.4, -0.2) is 7.99 Å². The number of aryl methyl sites for hydroxylation is 1. The van der Waals surface area contributed by atoms with Gasteiger partial charge < -0.3 is 0 Å². The smallest absolute Gasteiger partial charge is 0.0843 e. The minimum Gasteiger partial charge on any atom is -0.211 e. The summed E-state index contributed by atoms with van der Waals surface area (Å²) in [6.45, 7) is 1.97. The molecule has 0 aliphatic rings. The summed E-state index contributed by atoms with van der Waals surface area (Å²) in [5.41, 5.74) is 1.06. The molecule has 38 valence electrons. The second-order valence-corrected chi connectivity index (χ2v) is 2.33. The van der Waals surface area contributed by atoms with Crippen molar-refractivity contribution in [2.45, 2.75) is 6.92 Å². The Hall–Kier alpha value is -0.0600. The SMILES string of the molecule is Cc1ccn(I)n1. The van der Waals surface area contributed by atoms with E-state index in [0.717, 1.165) is 5.69 Å². The van der Waals surface area contributed by atoms with Crippen molar-refractivity contribution < 1.29 is 0 Å². The number of nitrogens with zero attached hydrogens (tertiary/aromatic N) is 2. The Balaban J connectivity index is 3.04. The van der Waals surface area contributed by atoms with E-state index < -0.39 is 0 Å². The van der Waals surface area contributed by atoms with E-state index in [4.69, 9.17) is 0 Å². The summed E-state index contributed by atoms with van der Waals surface area (Å²) in [5.74, 6) is 0. The zero-order valence-corrected chi connectivity index (χ0v) is 6.08.